The van der Waals surface area contributed by atoms with Crippen LogP contribution in [0.3, 0.4) is 0 Å². The Hall–Kier alpha value is -3.48. The number of carbonyl (C=O) groups excluding carboxylic acids is 2. The van der Waals surface area contributed by atoms with Gasteiger partial charge in [0.2, 0.25) is 0 Å². The Kier molecular flexibility index (Phi) is 5.48. The van der Waals surface area contributed by atoms with E-state index < -0.39 is 5.60 Å². The van der Waals surface area contributed by atoms with Gasteiger partial charge in [0.1, 0.15) is 11.1 Å². The Morgan fingerprint density at radius 3 is 2.52 bits per heavy atom. The molecule has 1 aliphatic heterocycles. The maximum atomic E-state index is 13.0. The van der Waals surface area contributed by atoms with Crippen molar-refractivity contribution in [2.24, 2.45) is 0 Å². The second kappa shape index (κ2) is 8.46. The van der Waals surface area contributed by atoms with E-state index in [1.54, 1.807) is 18.5 Å². The molecule has 33 heavy (non-hydrogen) atoms. The van der Waals surface area contributed by atoms with Crippen LogP contribution in [0.15, 0.2) is 60.9 Å². The van der Waals surface area contributed by atoms with Crippen LogP contribution >= 0.6 is 0 Å². The van der Waals surface area contributed by atoms with Crippen LogP contribution in [0.2, 0.25) is 0 Å². The zero-order valence-corrected chi connectivity index (χ0v) is 18.9. The lowest BCUT2D eigenvalue weighted by Gasteiger charge is -2.38. The second-order valence-corrected chi connectivity index (χ2v) is 9.40. The molecule has 1 saturated carbocycles. The summed E-state index contributed by atoms with van der Waals surface area (Å²) >= 11 is 0. The molecule has 5 rings (SSSR count). The molecule has 1 saturated heterocycles. The summed E-state index contributed by atoms with van der Waals surface area (Å²) in [5.41, 5.74) is 2.34. The number of nitrogens with one attached hydrogen (secondary N) is 1. The molecule has 1 N–H and O–H groups in total. The summed E-state index contributed by atoms with van der Waals surface area (Å²) in [6.07, 6.45) is 6.29. The molecule has 0 radical (unpaired) electrons. The fraction of sp³-hybridized carbons (Fsp3) is 0.385. The van der Waals surface area contributed by atoms with Crippen LogP contribution in [0, 0.1) is 0 Å². The van der Waals surface area contributed by atoms with Crippen molar-refractivity contribution in [2.75, 3.05) is 0 Å². The number of rotatable bonds is 4. The van der Waals surface area contributed by atoms with Crippen molar-refractivity contribution in [1.82, 2.24) is 20.2 Å². The van der Waals surface area contributed by atoms with E-state index in [1.807, 2.05) is 49.1 Å². The molecular formula is C26H28N4O3. The molecule has 3 aromatic rings. The monoisotopic (exact) mass is 444 g/mol. The molecule has 1 aliphatic carbocycles. The molecule has 7 nitrogen and oxygen atoms in total. The Bertz CT molecular complexity index is 1170. The third-order valence-corrected chi connectivity index (χ3v) is 6.78. The number of amides is 2. The van der Waals surface area contributed by atoms with E-state index in [2.05, 4.69) is 27.4 Å². The molecule has 7 heteroatoms. The average molecular weight is 445 g/mol. The lowest BCUT2D eigenvalue weighted by Crippen LogP contribution is -2.46. The first-order valence-electron chi connectivity index (χ1n) is 11.5. The van der Waals surface area contributed by atoms with E-state index in [4.69, 9.17) is 4.74 Å². The van der Waals surface area contributed by atoms with Gasteiger partial charge in [-0.25, -0.2) is 4.79 Å². The predicted molar refractivity (Wildman–Crippen MR) is 125 cm³/mol. The van der Waals surface area contributed by atoms with Crippen molar-refractivity contribution >= 4 is 23.0 Å². The minimum atomic E-state index is -0.598. The van der Waals surface area contributed by atoms with Crippen LogP contribution in [0.4, 0.5) is 4.79 Å². The fourth-order valence-corrected chi connectivity index (χ4v) is 5.26. The summed E-state index contributed by atoms with van der Waals surface area (Å²) in [5.74, 6) is -0.131. The molecule has 2 aliphatic rings. The minimum Gasteiger partial charge on any atom is -0.441 e. The van der Waals surface area contributed by atoms with Gasteiger partial charge in [0.15, 0.2) is 0 Å². The number of hydrogen-bond acceptors (Lipinski definition) is 5. The highest BCUT2D eigenvalue weighted by molar-refractivity contribution is 6.04. The van der Waals surface area contributed by atoms with E-state index in [0.29, 0.717) is 16.6 Å². The molecule has 0 spiro atoms. The summed E-state index contributed by atoms with van der Waals surface area (Å²) in [6.45, 7) is 3.95. The smallest absolute Gasteiger partial charge is 0.411 e. The Morgan fingerprint density at radius 2 is 1.76 bits per heavy atom. The largest absolute Gasteiger partial charge is 0.441 e. The van der Waals surface area contributed by atoms with Crippen LogP contribution in [-0.2, 0) is 4.74 Å². The number of pyridine rings is 2. The molecular weight excluding hydrogens is 416 g/mol. The number of aromatic nitrogens is 2. The van der Waals surface area contributed by atoms with Crippen LogP contribution in [0.5, 0.6) is 0 Å². The number of carbonyl (C=O) groups is 2. The normalized spacial score (nSPS) is 24.5. The van der Waals surface area contributed by atoms with Crippen molar-refractivity contribution in [3.8, 4) is 0 Å². The number of ether oxygens (including phenoxy) is 1. The Morgan fingerprint density at radius 1 is 1.00 bits per heavy atom. The maximum absolute atomic E-state index is 13.0. The first kappa shape index (κ1) is 21.4. The van der Waals surface area contributed by atoms with Gasteiger partial charge in [-0.2, -0.15) is 0 Å². The maximum Gasteiger partial charge on any atom is 0.411 e. The molecule has 170 valence electrons. The van der Waals surface area contributed by atoms with Crippen LogP contribution in [0.25, 0.3) is 11.0 Å². The van der Waals surface area contributed by atoms with Crippen molar-refractivity contribution in [3.63, 3.8) is 0 Å². The third-order valence-electron chi connectivity index (χ3n) is 6.78. The van der Waals surface area contributed by atoms with E-state index >= 15 is 0 Å². The summed E-state index contributed by atoms with van der Waals surface area (Å²) in [7, 11) is 0. The highest BCUT2D eigenvalue weighted by atomic mass is 16.6. The first-order chi connectivity index (χ1) is 15.9. The number of nitrogens with zero attached hydrogens (tertiary/aromatic N) is 3. The minimum absolute atomic E-state index is 0.0579. The molecule has 1 aromatic carbocycles. The first-order valence-corrected chi connectivity index (χ1v) is 11.5. The van der Waals surface area contributed by atoms with Gasteiger partial charge in [-0.3, -0.25) is 19.7 Å². The zero-order valence-electron chi connectivity index (χ0n) is 18.9. The molecule has 1 atom stereocenters. The topological polar surface area (TPSA) is 84.4 Å². The van der Waals surface area contributed by atoms with Crippen molar-refractivity contribution in [1.29, 1.82) is 0 Å². The van der Waals surface area contributed by atoms with E-state index in [9.17, 15) is 9.59 Å². The van der Waals surface area contributed by atoms with E-state index in [1.165, 1.54) is 0 Å². The summed E-state index contributed by atoms with van der Waals surface area (Å²) in [6, 6.07) is 15.5. The van der Waals surface area contributed by atoms with Gasteiger partial charge < -0.3 is 10.1 Å². The van der Waals surface area contributed by atoms with Gasteiger partial charge in [-0.05, 0) is 63.3 Å². The number of hydrogen-bond donors (Lipinski definition) is 1. The SMILES string of the molecule is CC1(C)OC(=O)N(C2CCC(NC(=O)c3ccnc4cccnc34)CC2)[C@H]1c1ccccc1. The number of fused-ring (bicyclic) bond motifs is 1. The van der Waals surface area contributed by atoms with E-state index in [0.717, 1.165) is 31.2 Å². The van der Waals surface area contributed by atoms with Gasteiger partial charge in [-0.15, -0.1) is 0 Å². The van der Waals surface area contributed by atoms with Gasteiger partial charge in [0.25, 0.3) is 5.91 Å². The average Bonchev–Trinajstić information content (AvgIpc) is 3.07. The van der Waals surface area contributed by atoms with Crippen LogP contribution < -0.4 is 5.32 Å². The fourth-order valence-electron chi connectivity index (χ4n) is 5.26. The van der Waals surface area contributed by atoms with Gasteiger partial charge in [0, 0.05) is 24.5 Å². The summed E-state index contributed by atoms with van der Waals surface area (Å²) in [5, 5.41) is 3.17. The Balaban J connectivity index is 1.28. The standard InChI is InChI=1S/C26H28N4O3/c1-26(2)23(17-7-4-3-5-8-17)30(25(32)33-26)19-12-10-18(11-13-19)29-24(31)20-14-16-27-21-9-6-15-28-22(20)21/h3-9,14-16,18-19,23H,10-13H2,1-2H3,(H,29,31)/t18?,19?,23-/m0/s1. The highest BCUT2D eigenvalue weighted by Crippen LogP contribution is 2.44. The van der Waals surface area contributed by atoms with Crippen molar-refractivity contribution in [3.05, 3.63) is 72.1 Å². The number of benzene rings is 1. The summed E-state index contributed by atoms with van der Waals surface area (Å²) < 4.78 is 5.78. The van der Waals surface area contributed by atoms with Crippen molar-refractivity contribution in [2.45, 2.75) is 63.3 Å². The van der Waals surface area contributed by atoms with Gasteiger partial charge in [-0.1, -0.05) is 30.3 Å². The molecule has 2 fully saturated rings. The third kappa shape index (κ3) is 4.03. The molecule has 2 aromatic heterocycles. The highest BCUT2D eigenvalue weighted by Gasteiger charge is 2.51. The predicted octanol–water partition coefficient (Wildman–Crippen LogP) is 4.64. The quantitative estimate of drug-likeness (QED) is 0.634. The second-order valence-electron chi connectivity index (χ2n) is 9.40. The Labute approximate surface area is 193 Å². The van der Waals surface area contributed by atoms with Gasteiger partial charge in [0.05, 0.1) is 17.1 Å². The number of cyclic esters (lactones) is 1. The molecule has 3 heterocycles. The van der Waals surface area contributed by atoms with E-state index in [-0.39, 0.29) is 30.1 Å². The lowest BCUT2D eigenvalue weighted by molar-refractivity contribution is 0.0663. The van der Waals surface area contributed by atoms with Crippen molar-refractivity contribution < 1.29 is 14.3 Å². The molecule has 0 unspecified atom stereocenters. The van der Waals surface area contributed by atoms with Gasteiger partial charge >= 0.3 is 6.09 Å². The summed E-state index contributed by atoms with van der Waals surface area (Å²) in [4.78, 5) is 36.4. The zero-order chi connectivity index (χ0) is 23.0. The molecule has 2 amide bonds. The van der Waals surface area contributed by atoms with Crippen LogP contribution in [0.1, 0.15) is 61.5 Å². The molecule has 0 bridgehead atoms. The lowest BCUT2D eigenvalue weighted by atomic mass is 9.86. The van der Waals surface area contributed by atoms with Crippen LogP contribution in [-0.4, -0.2) is 44.6 Å².